The van der Waals surface area contributed by atoms with E-state index in [1.807, 2.05) is 26.1 Å². The first kappa shape index (κ1) is 48.7. The van der Waals surface area contributed by atoms with Gasteiger partial charge in [0.25, 0.3) is 27.5 Å². The average Bonchev–Trinajstić information content (AvgIpc) is 4.02. The van der Waals surface area contributed by atoms with Crippen molar-refractivity contribution in [3.8, 4) is 23.1 Å². The Bertz CT molecular complexity index is 2900. The van der Waals surface area contributed by atoms with E-state index in [-0.39, 0.29) is 65.0 Å². The van der Waals surface area contributed by atoms with E-state index in [0.717, 1.165) is 49.6 Å². The minimum atomic E-state index is -4.71. The van der Waals surface area contributed by atoms with Gasteiger partial charge in [-0.15, -0.1) is 0 Å². The summed E-state index contributed by atoms with van der Waals surface area (Å²) in [6, 6.07) is 20.6. The number of sulfonamides is 1. The fraction of sp³-hybridized carbons (Fsp3) is 0.509. The number of piperidine rings is 1. The summed E-state index contributed by atoms with van der Waals surface area (Å²) in [4.78, 5) is 38.5. The molecule has 1 spiro atoms. The van der Waals surface area contributed by atoms with Crippen LogP contribution in [0.25, 0.3) is 11.0 Å². The number of hydrogen-bond acceptors (Lipinski definition) is 14. The van der Waals surface area contributed by atoms with Crippen molar-refractivity contribution in [3.63, 3.8) is 0 Å². The highest BCUT2D eigenvalue weighted by Gasteiger charge is 2.50. The van der Waals surface area contributed by atoms with Gasteiger partial charge in [0.05, 0.1) is 27.0 Å². The largest absolute Gasteiger partial charge is 0.489 e. The number of carbonyl (C=O) groups is 1. The molecule has 0 unspecified atom stereocenters. The maximum absolute atomic E-state index is 14.4. The zero-order valence-electron chi connectivity index (χ0n) is 41.0. The van der Waals surface area contributed by atoms with Gasteiger partial charge in [-0.25, -0.2) is 13.1 Å². The van der Waals surface area contributed by atoms with Crippen LogP contribution in [-0.2, 0) is 10.0 Å². The standard InChI is InChI=1S/C53H66N8O9S/c1-33(2)39-8-5-6-9-40(39)43-10-7-22-60(43)37-30-53(31-37)18-23-59(24-19-53)36-11-12-41(45(27-36)70-47-26-35-15-20-55-49(35)57-51(47)68-25-21-54-4)50(62)58-71(66,67)38-28-44(61(64)65)48-46(29-38)69-32-42(56-48)34-13-16-52(3,63)17-14-34/h5-6,8-9,11-12,15,20,26-29,33-34,37,42-43,54,56,63H,7,10,13-14,16-19,21-25,30-32H2,1-4H3,(H,55,57)(H,58,62)/t34?,42-,43+,52?/m1/s1. The number of carbonyl (C=O) groups excluding carboxylic acids is 1. The number of likely N-dealkylation sites (tertiary alicyclic amines) is 1. The molecular formula is C53H66N8O9S. The molecule has 71 heavy (non-hydrogen) atoms. The number of anilines is 2. The minimum absolute atomic E-state index is 0.00806. The lowest BCUT2D eigenvalue weighted by Gasteiger charge is -2.56. The first-order valence-corrected chi connectivity index (χ1v) is 26.8. The lowest BCUT2D eigenvalue weighted by atomic mass is 9.59. The van der Waals surface area contributed by atoms with Crippen molar-refractivity contribution in [2.45, 2.75) is 120 Å². The summed E-state index contributed by atoms with van der Waals surface area (Å²) in [5.41, 5.74) is 3.34. The van der Waals surface area contributed by atoms with E-state index in [4.69, 9.17) is 14.2 Å². The third-order valence-corrected chi connectivity index (χ3v) is 17.3. The average molecular weight is 991 g/mol. The van der Waals surface area contributed by atoms with Crippen LogP contribution < -0.4 is 34.5 Å². The monoisotopic (exact) mass is 990 g/mol. The molecule has 1 amide bonds. The van der Waals surface area contributed by atoms with E-state index in [9.17, 15) is 28.4 Å². The van der Waals surface area contributed by atoms with Crippen molar-refractivity contribution in [3.05, 3.63) is 99.7 Å². The van der Waals surface area contributed by atoms with E-state index in [1.165, 1.54) is 42.9 Å². The topological polar surface area (TPSA) is 214 Å². The highest BCUT2D eigenvalue weighted by molar-refractivity contribution is 7.90. The Balaban J connectivity index is 0.889. The predicted molar refractivity (Wildman–Crippen MR) is 271 cm³/mol. The van der Waals surface area contributed by atoms with Gasteiger partial charge in [0.15, 0.2) is 17.2 Å². The lowest BCUT2D eigenvalue weighted by Crippen LogP contribution is -2.54. The fourth-order valence-electron chi connectivity index (χ4n) is 11.9. The number of nitrogens with one attached hydrogen (secondary N) is 4. The van der Waals surface area contributed by atoms with Crippen LogP contribution in [0, 0.1) is 21.4 Å². The normalized spacial score (nSPS) is 23.5. The van der Waals surface area contributed by atoms with Crippen molar-refractivity contribution in [1.82, 2.24) is 24.9 Å². The van der Waals surface area contributed by atoms with Crippen LogP contribution in [-0.4, -0.2) is 103 Å². The van der Waals surface area contributed by atoms with Crippen LogP contribution in [0.4, 0.5) is 17.1 Å². The number of rotatable bonds is 15. The van der Waals surface area contributed by atoms with Crippen LogP contribution in [0.3, 0.4) is 0 Å². The van der Waals surface area contributed by atoms with Crippen LogP contribution >= 0.6 is 0 Å². The molecule has 17 nitrogen and oxygen atoms in total. The van der Waals surface area contributed by atoms with Crippen molar-refractivity contribution in [1.29, 1.82) is 0 Å². The molecule has 0 radical (unpaired) electrons. The van der Waals surface area contributed by atoms with Gasteiger partial charge in [0.2, 0.25) is 0 Å². The van der Waals surface area contributed by atoms with E-state index in [1.54, 1.807) is 24.4 Å². The number of benzene rings is 3. The van der Waals surface area contributed by atoms with Gasteiger partial charge in [-0.05, 0) is 137 Å². The number of nitrogens with zero attached hydrogens (tertiary/aromatic N) is 4. The van der Waals surface area contributed by atoms with Gasteiger partial charge in [0, 0.05) is 67.2 Å². The number of nitro groups is 1. The number of likely N-dealkylation sites (N-methyl/N-ethyl adjacent to an activating group) is 1. The third-order valence-electron chi connectivity index (χ3n) is 16.0. The molecule has 378 valence electrons. The van der Waals surface area contributed by atoms with Crippen LogP contribution in [0.2, 0.25) is 0 Å². The summed E-state index contributed by atoms with van der Waals surface area (Å²) >= 11 is 0. The minimum Gasteiger partial charge on any atom is -0.489 e. The molecular weight excluding hydrogens is 925 g/mol. The number of H-pyrrole nitrogens is 1. The number of fused-ring (bicyclic) bond motifs is 2. The second-order valence-corrected chi connectivity index (χ2v) is 22.8. The van der Waals surface area contributed by atoms with Crippen LogP contribution in [0.5, 0.6) is 23.1 Å². The second-order valence-electron chi connectivity index (χ2n) is 21.1. The van der Waals surface area contributed by atoms with E-state index >= 15 is 0 Å². The van der Waals surface area contributed by atoms with Crippen LogP contribution in [0.1, 0.15) is 118 Å². The molecule has 5 heterocycles. The number of aromatic amines is 1. The molecule has 4 fully saturated rings. The summed E-state index contributed by atoms with van der Waals surface area (Å²) in [5.74, 6) is 0.0545. The molecule has 5 aromatic rings. The Morgan fingerprint density at radius 1 is 1.01 bits per heavy atom. The third kappa shape index (κ3) is 10.00. The SMILES string of the molecule is CNCCOc1nc2[nH]ccc2cc1Oc1cc(N2CCC3(CC2)CC(N2CCC[C@H]2c2ccccc2C(C)C)C3)ccc1C(=O)NS(=O)(=O)c1cc2c(c([N+](=O)[O-])c1)N[C@@H](C1CCC(C)(O)CC1)CO2. The zero-order valence-corrected chi connectivity index (χ0v) is 41.9. The van der Waals surface area contributed by atoms with E-state index in [0.29, 0.717) is 55.9 Å². The van der Waals surface area contributed by atoms with Gasteiger partial charge in [0.1, 0.15) is 24.6 Å². The second kappa shape index (κ2) is 19.6. The fourth-order valence-corrected chi connectivity index (χ4v) is 12.9. The maximum atomic E-state index is 14.4. The first-order chi connectivity index (χ1) is 34.1. The van der Waals surface area contributed by atoms with E-state index in [2.05, 4.69) is 73.2 Å². The van der Waals surface area contributed by atoms with Crippen molar-refractivity contribution in [2.75, 3.05) is 56.7 Å². The smallest absolute Gasteiger partial charge is 0.297 e. The summed E-state index contributed by atoms with van der Waals surface area (Å²) in [5, 5.41) is 30.0. The number of nitro benzene ring substituents is 1. The molecule has 2 saturated heterocycles. The molecule has 3 aromatic carbocycles. The maximum Gasteiger partial charge on any atom is 0.297 e. The van der Waals surface area contributed by atoms with Gasteiger partial charge >= 0.3 is 0 Å². The van der Waals surface area contributed by atoms with Gasteiger partial charge in [-0.1, -0.05) is 38.1 Å². The number of ether oxygens (including phenoxy) is 3. The Morgan fingerprint density at radius 3 is 2.54 bits per heavy atom. The molecule has 2 saturated carbocycles. The molecule has 2 aromatic heterocycles. The highest BCUT2D eigenvalue weighted by Crippen LogP contribution is 2.54. The summed E-state index contributed by atoms with van der Waals surface area (Å²) in [6.07, 6.45) is 11.2. The molecule has 5 N–H and O–H groups in total. The molecule has 3 aliphatic heterocycles. The molecule has 2 aliphatic carbocycles. The highest BCUT2D eigenvalue weighted by atomic mass is 32.2. The first-order valence-electron chi connectivity index (χ1n) is 25.3. The van der Waals surface area contributed by atoms with E-state index < -0.39 is 37.0 Å². The molecule has 2 atom stereocenters. The molecule has 5 aliphatic rings. The lowest BCUT2D eigenvalue weighted by molar-refractivity contribution is -0.384. The number of amides is 1. The molecule has 10 rings (SSSR count). The Labute approximate surface area is 415 Å². The molecule has 0 bridgehead atoms. The predicted octanol–water partition coefficient (Wildman–Crippen LogP) is 8.80. The van der Waals surface area contributed by atoms with Gasteiger partial charge in [-0.3, -0.25) is 19.8 Å². The van der Waals surface area contributed by atoms with Gasteiger partial charge < -0.3 is 39.8 Å². The Morgan fingerprint density at radius 2 is 1.79 bits per heavy atom. The van der Waals surface area contributed by atoms with Crippen molar-refractivity contribution >= 4 is 44.0 Å². The number of hydrogen-bond donors (Lipinski definition) is 5. The van der Waals surface area contributed by atoms with Crippen molar-refractivity contribution < 1.29 is 37.5 Å². The number of aromatic nitrogens is 2. The summed E-state index contributed by atoms with van der Waals surface area (Å²) in [7, 11) is -2.90. The zero-order chi connectivity index (χ0) is 49.7. The summed E-state index contributed by atoms with van der Waals surface area (Å²) in [6.45, 7) is 10.1. The van der Waals surface area contributed by atoms with Crippen LogP contribution in [0.15, 0.2) is 77.8 Å². The Hall–Kier alpha value is -5.95. The Kier molecular flexibility index (Phi) is 13.4. The molecule has 18 heteroatoms. The summed E-state index contributed by atoms with van der Waals surface area (Å²) < 4.78 is 49.1. The quantitative estimate of drug-likeness (QED) is 0.0377. The van der Waals surface area contributed by atoms with Gasteiger partial charge in [-0.2, -0.15) is 4.98 Å². The number of aliphatic hydroxyl groups is 1. The van der Waals surface area contributed by atoms with Crippen molar-refractivity contribution in [2.24, 2.45) is 11.3 Å². The number of pyridine rings is 1.